The van der Waals surface area contributed by atoms with Crippen LogP contribution in [0.25, 0.3) is 10.9 Å². The monoisotopic (exact) mass is 200 g/mol. The summed E-state index contributed by atoms with van der Waals surface area (Å²) in [4.78, 5) is 8.59. The third-order valence-corrected chi connectivity index (χ3v) is 2.09. The van der Waals surface area contributed by atoms with E-state index in [-0.39, 0.29) is 0 Å². The van der Waals surface area contributed by atoms with E-state index in [1.165, 1.54) is 0 Å². The highest BCUT2D eigenvalue weighted by molar-refractivity contribution is 5.90. The van der Waals surface area contributed by atoms with Crippen molar-refractivity contribution in [3.8, 4) is 0 Å². The first-order valence-electron chi connectivity index (χ1n) is 4.72. The number of rotatable bonds is 1. The minimum atomic E-state index is 0.338. The summed E-state index contributed by atoms with van der Waals surface area (Å²) >= 11 is 0. The van der Waals surface area contributed by atoms with E-state index in [1.807, 2.05) is 31.2 Å². The number of nitrogens with zero attached hydrogens (tertiary/aromatic N) is 2. The number of benzene rings is 1. The zero-order valence-electron chi connectivity index (χ0n) is 8.70. The quantitative estimate of drug-likeness (QED) is 0.548. The molecule has 0 saturated carbocycles. The molecule has 1 aromatic heterocycles. The van der Waals surface area contributed by atoms with Crippen LogP contribution in [0.15, 0.2) is 24.3 Å². The molecule has 2 rings (SSSR count). The number of hydrogen-bond acceptors (Lipinski definition) is 3. The van der Waals surface area contributed by atoms with Gasteiger partial charge in [0.05, 0.1) is 17.0 Å². The molecule has 4 heteroatoms. The molecule has 76 valence electrons. The van der Waals surface area contributed by atoms with Crippen LogP contribution in [0, 0.1) is 12.3 Å². The van der Waals surface area contributed by atoms with Crippen molar-refractivity contribution >= 4 is 22.7 Å². The van der Waals surface area contributed by atoms with Gasteiger partial charge in [-0.25, -0.2) is 9.97 Å². The summed E-state index contributed by atoms with van der Waals surface area (Å²) in [7, 11) is 0. The molecule has 1 aromatic carbocycles. The number of aryl methyl sites for hydroxylation is 1. The fourth-order valence-electron chi connectivity index (χ4n) is 1.46. The van der Waals surface area contributed by atoms with E-state index in [9.17, 15) is 0 Å². The molecule has 0 bridgehead atoms. The van der Waals surface area contributed by atoms with E-state index >= 15 is 0 Å². The van der Waals surface area contributed by atoms with E-state index in [2.05, 4.69) is 15.3 Å². The van der Waals surface area contributed by atoms with E-state index < -0.39 is 0 Å². The molecule has 0 saturated heterocycles. The summed E-state index contributed by atoms with van der Waals surface area (Å²) in [6.07, 6.45) is 0. The second-order valence-corrected chi connectivity index (χ2v) is 3.40. The number of para-hydroxylation sites is 1. The van der Waals surface area contributed by atoms with Crippen molar-refractivity contribution in [3.63, 3.8) is 0 Å². The van der Waals surface area contributed by atoms with Crippen LogP contribution in [0.1, 0.15) is 12.6 Å². The van der Waals surface area contributed by atoms with Crippen molar-refractivity contribution in [1.82, 2.24) is 9.97 Å². The van der Waals surface area contributed by atoms with E-state index in [0.29, 0.717) is 11.8 Å². The standard InChI is InChI=1S/C11H12N4/c1-7-9-5-3-4-6-10(9)15-11(13-7)14-8(2)12/h3-6H,1-2H3,(H2,12,13,14,15). The molecule has 0 amide bonds. The molecule has 0 unspecified atom stereocenters. The maximum Gasteiger partial charge on any atom is 0.228 e. The van der Waals surface area contributed by atoms with Gasteiger partial charge in [-0.15, -0.1) is 0 Å². The molecule has 0 fully saturated rings. The first kappa shape index (κ1) is 9.58. The molecule has 1 heterocycles. The number of aromatic nitrogens is 2. The molecular weight excluding hydrogens is 188 g/mol. The van der Waals surface area contributed by atoms with E-state index in [0.717, 1.165) is 16.6 Å². The Kier molecular flexibility index (Phi) is 2.33. The highest BCUT2D eigenvalue weighted by Gasteiger charge is 2.03. The van der Waals surface area contributed by atoms with Gasteiger partial charge in [-0.2, -0.15) is 0 Å². The predicted octanol–water partition coefficient (Wildman–Crippen LogP) is 2.35. The van der Waals surface area contributed by atoms with Crippen LogP contribution in [0.3, 0.4) is 0 Å². The van der Waals surface area contributed by atoms with Gasteiger partial charge in [0.15, 0.2) is 0 Å². The molecule has 0 radical (unpaired) electrons. The van der Waals surface area contributed by atoms with Crippen LogP contribution < -0.4 is 5.32 Å². The highest BCUT2D eigenvalue weighted by atomic mass is 15.1. The Morgan fingerprint density at radius 2 is 2.00 bits per heavy atom. The van der Waals surface area contributed by atoms with Crippen molar-refractivity contribution < 1.29 is 0 Å². The average molecular weight is 200 g/mol. The van der Waals surface area contributed by atoms with Crippen LogP contribution in [0.5, 0.6) is 0 Å². The van der Waals surface area contributed by atoms with Crippen molar-refractivity contribution in [2.24, 2.45) is 0 Å². The number of fused-ring (bicyclic) bond motifs is 1. The minimum absolute atomic E-state index is 0.338. The summed E-state index contributed by atoms with van der Waals surface area (Å²) < 4.78 is 0. The summed E-state index contributed by atoms with van der Waals surface area (Å²) in [6, 6.07) is 7.84. The average Bonchev–Trinajstić information content (AvgIpc) is 2.16. The van der Waals surface area contributed by atoms with Gasteiger partial charge >= 0.3 is 0 Å². The summed E-state index contributed by atoms with van der Waals surface area (Å²) in [5.74, 6) is 0.823. The maximum absolute atomic E-state index is 7.32. The summed E-state index contributed by atoms with van der Waals surface area (Å²) in [6.45, 7) is 3.60. The topological polar surface area (TPSA) is 61.7 Å². The first-order valence-corrected chi connectivity index (χ1v) is 4.72. The van der Waals surface area contributed by atoms with Gasteiger partial charge in [0.2, 0.25) is 5.95 Å². The van der Waals surface area contributed by atoms with Crippen LogP contribution in [-0.4, -0.2) is 15.8 Å². The summed E-state index contributed by atoms with van der Waals surface area (Å²) in [5, 5.41) is 11.2. The van der Waals surface area contributed by atoms with Crippen molar-refractivity contribution in [1.29, 1.82) is 5.41 Å². The molecule has 15 heavy (non-hydrogen) atoms. The van der Waals surface area contributed by atoms with Gasteiger partial charge in [-0.1, -0.05) is 18.2 Å². The zero-order valence-corrected chi connectivity index (χ0v) is 8.70. The molecule has 0 atom stereocenters. The molecule has 0 spiro atoms. The van der Waals surface area contributed by atoms with Crippen molar-refractivity contribution in [3.05, 3.63) is 30.0 Å². The lowest BCUT2D eigenvalue weighted by Crippen LogP contribution is -2.09. The van der Waals surface area contributed by atoms with Gasteiger partial charge in [0.1, 0.15) is 0 Å². The van der Waals surface area contributed by atoms with Gasteiger partial charge in [0, 0.05) is 5.39 Å². The summed E-state index contributed by atoms with van der Waals surface area (Å²) in [5.41, 5.74) is 1.82. The van der Waals surface area contributed by atoms with Crippen LogP contribution in [0.4, 0.5) is 5.95 Å². The fourth-order valence-corrected chi connectivity index (χ4v) is 1.46. The predicted molar refractivity (Wildman–Crippen MR) is 61.3 cm³/mol. The van der Waals surface area contributed by atoms with Gasteiger partial charge in [-0.05, 0) is 19.9 Å². The van der Waals surface area contributed by atoms with Crippen LogP contribution in [0.2, 0.25) is 0 Å². The van der Waals surface area contributed by atoms with Gasteiger partial charge in [0.25, 0.3) is 0 Å². The Labute approximate surface area is 87.9 Å². The number of anilines is 1. The van der Waals surface area contributed by atoms with Crippen molar-refractivity contribution in [2.45, 2.75) is 13.8 Å². The molecule has 2 N–H and O–H groups in total. The molecule has 2 aromatic rings. The van der Waals surface area contributed by atoms with Crippen molar-refractivity contribution in [2.75, 3.05) is 5.32 Å². The van der Waals surface area contributed by atoms with Crippen LogP contribution in [-0.2, 0) is 0 Å². The fraction of sp³-hybridized carbons (Fsp3) is 0.182. The van der Waals surface area contributed by atoms with Gasteiger partial charge < -0.3 is 5.32 Å². The Hall–Kier alpha value is -1.97. The third kappa shape index (κ3) is 1.93. The highest BCUT2D eigenvalue weighted by Crippen LogP contribution is 2.16. The SMILES string of the molecule is CC(=N)Nc1nc(C)c2ccccc2n1. The zero-order chi connectivity index (χ0) is 10.8. The van der Waals surface area contributed by atoms with Gasteiger partial charge in [-0.3, -0.25) is 5.41 Å². The largest absolute Gasteiger partial charge is 0.313 e. The lowest BCUT2D eigenvalue weighted by molar-refractivity contribution is 1.15. The number of amidine groups is 1. The second-order valence-electron chi connectivity index (χ2n) is 3.40. The van der Waals surface area contributed by atoms with E-state index in [1.54, 1.807) is 6.92 Å². The Bertz CT molecular complexity index is 519. The van der Waals surface area contributed by atoms with E-state index in [4.69, 9.17) is 5.41 Å². The normalized spacial score (nSPS) is 10.3. The number of hydrogen-bond donors (Lipinski definition) is 2. The smallest absolute Gasteiger partial charge is 0.228 e. The molecule has 4 nitrogen and oxygen atoms in total. The molecule has 0 aliphatic carbocycles. The molecular formula is C11H12N4. The minimum Gasteiger partial charge on any atom is -0.313 e. The van der Waals surface area contributed by atoms with Crippen LogP contribution >= 0.6 is 0 Å². The Balaban J connectivity index is 2.57. The third-order valence-electron chi connectivity index (χ3n) is 2.09. The molecule has 0 aliphatic rings. The lowest BCUT2D eigenvalue weighted by atomic mass is 10.2. The number of nitrogens with one attached hydrogen (secondary N) is 2. The maximum atomic E-state index is 7.32. The Morgan fingerprint density at radius 1 is 1.27 bits per heavy atom. The second kappa shape index (κ2) is 3.65. The first-order chi connectivity index (χ1) is 7.16. The molecule has 0 aliphatic heterocycles. The lowest BCUT2D eigenvalue weighted by Gasteiger charge is -2.05. The Morgan fingerprint density at radius 3 is 2.73 bits per heavy atom.